The van der Waals surface area contributed by atoms with Gasteiger partial charge in [-0.1, -0.05) is 33.6 Å². The summed E-state index contributed by atoms with van der Waals surface area (Å²) < 4.78 is 54.1. The Morgan fingerprint density at radius 1 is 0.941 bits per heavy atom. The van der Waals surface area contributed by atoms with Gasteiger partial charge >= 0.3 is 0 Å². The third-order valence-electron chi connectivity index (χ3n) is 4.74. The fraction of sp³-hybridized carbons (Fsp3) is 0.136. The predicted octanol–water partition coefficient (Wildman–Crippen LogP) is 4.62. The molecule has 0 spiro atoms. The Balaban J connectivity index is 1.73. The molecule has 0 aromatic heterocycles. The van der Waals surface area contributed by atoms with Gasteiger partial charge in [-0.3, -0.25) is 13.8 Å². The van der Waals surface area contributed by atoms with Crippen LogP contribution in [0.5, 0.6) is 0 Å². The zero-order valence-electron chi connectivity index (χ0n) is 18.1. The number of rotatable bonds is 8. The number of carbonyl (C=O) groups excluding carboxylic acids is 1. The molecular weight excluding hydrogens is 566 g/mol. The minimum Gasteiger partial charge on any atom is -0.325 e. The SMILES string of the molecule is Cc1c(Cl)cccc1N(CC(=O)Nc1ccc(S(=O)(=O)Nc2ccc(Br)cc2)cc1)S(C)(=O)=O. The number of benzene rings is 3. The van der Waals surface area contributed by atoms with Crippen LogP contribution >= 0.6 is 27.5 Å². The molecule has 180 valence electrons. The molecule has 0 radical (unpaired) electrons. The molecule has 0 saturated carbocycles. The number of sulfonamides is 2. The zero-order chi connectivity index (χ0) is 25.1. The molecule has 8 nitrogen and oxygen atoms in total. The Morgan fingerprint density at radius 2 is 1.53 bits per heavy atom. The summed E-state index contributed by atoms with van der Waals surface area (Å²) in [7, 11) is -7.61. The normalized spacial score (nSPS) is 11.6. The molecular formula is C22H21BrClN3O5S2. The van der Waals surface area contributed by atoms with E-state index in [2.05, 4.69) is 26.0 Å². The number of nitrogens with one attached hydrogen (secondary N) is 2. The number of carbonyl (C=O) groups is 1. The highest BCUT2D eigenvalue weighted by Gasteiger charge is 2.23. The van der Waals surface area contributed by atoms with Gasteiger partial charge in [-0.15, -0.1) is 0 Å². The van der Waals surface area contributed by atoms with Crippen molar-refractivity contribution in [3.05, 3.63) is 81.8 Å². The molecule has 0 aliphatic heterocycles. The highest BCUT2D eigenvalue weighted by molar-refractivity contribution is 9.10. The number of anilines is 3. The molecule has 0 aliphatic carbocycles. The highest BCUT2D eigenvalue weighted by atomic mass is 79.9. The van der Waals surface area contributed by atoms with Crippen molar-refractivity contribution in [1.82, 2.24) is 0 Å². The standard InChI is InChI=1S/C22H21BrClN3O5S2/c1-15-20(24)4-3-5-21(15)27(33(2,29)30)14-22(28)25-17-10-12-19(13-11-17)34(31,32)26-18-8-6-16(23)7-9-18/h3-13,26H,14H2,1-2H3,(H,25,28). The van der Waals surface area contributed by atoms with Crippen molar-refractivity contribution in [2.24, 2.45) is 0 Å². The molecule has 0 saturated heterocycles. The highest BCUT2D eigenvalue weighted by Crippen LogP contribution is 2.28. The number of halogens is 2. The van der Waals surface area contributed by atoms with E-state index in [0.29, 0.717) is 27.6 Å². The van der Waals surface area contributed by atoms with Crippen LogP contribution in [-0.4, -0.2) is 35.5 Å². The van der Waals surface area contributed by atoms with Crippen molar-refractivity contribution in [1.29, 1.82) is 0 Å². The van der Waals surface area contributed by atoms with Gasteiger partial charge in [-0.2, -0.15) is 0 Å². The minimum atomic E-state index is -3.83. The van der Waals surface area contributed by atoms with Gasteiger partial charge in [0.25, 0.3) is 10.0 Å². The van der Waals surface area contributed by atoms with E-state index in [0.717, 1.165) is 15.0 Å². The second-order valence-electron chi connectivity index (χ2n) is 7.34. The first-order valence-corrected chi connectivity index (χ1v) is 14.3. The van der Waals surface area contributed by atoms with E-state index in [-0.39, 0.29) is 4.90 Å². The molecule has 0 aliphatic rings. The van der Waals surface area contributed by atoms with E-state index in [1.165, 1.54) is 24.3 Å². The number of hydrogen-bond acceptors (Lipinski definition) is 5. The van der Waals surface area contributed by atoms with Crippen LogP contribution in [0.3, 0.4) is 0 Å². The lowest BCUT2D eigenvalue weighted by molar-refractivity contribution is -0.114. The predicted molar refractivity (Wildman–Crippen MR) is 138 cm³/mol. The second-order valence-corrected chi connectivity index (χ2v) is 12.3. The van der Waals surface area contributed by atoms with Crippen LogP contribution in [0, 0.1) is 6.92 Å². The first kappa shape index (κ1) is 26.0. The summed E-state index contributed by atoms with van der Waals surface area (Å²) in [5, 5.41) is 2.96. The summed E-state index contributed by atoms with van der Waals surface area (Å²) in [6.45, 7) is 1.18. The molecule has 0 atom stereocenters. The monoisotopic (exact) mass is 585 g/mol. The summed E-state index contributed by atoms with van der Waals surface area (Å²) in [6.07, 6.45) is 0.999. The van der Waals surface area contributed by atoms with Crippen LogP contribution in [0.1, 0.15) is 5.56 Å². The van der Waals surface area contributed by atoms with Crippen molar-refractivity contribution in [2.75, 3.05) is 27.1 Å². The lowest BCUT2D eigenvalue weighted by Gasteiger charge is -2.24. The Labute approximate surface area is 212 Å². The minimum absolute atomic E-state index is 0.000678. The van der Waals surface area contributed by atoms with Crippen LogP contribution in [-0.2, 0) is 24.8 Å². The fourth-order valence-electron chi connectivity index (χ4n) is 3.03. The summed E-state index contributed by atoms with van der Waals surface area (Å²) in [5.74, 6) is -0.603. The van der Waals surface area contributed by atoms with E-state index < -0.39 is 32.5 Å². The molecule has 0 fully saturated rings. The maximum atomic E-state index is 12.6. The topological polar surface area (TPSA) is 113 Å². The molecule has 0 unspecified atom stereocenters. The smallest absolute Gasteiger partial charge is 0.261 e. The lowest BCUT2D eigenvalue weighted by atomic mass is 10.2. The largest absolute Gasteiger partial charge is 0.325 e. The Morgan fingerprint density at radius 3 is 2.12 bits per heavy atom. The van der Waals surface area contributed by atoms with Crippen molar-refractivity contribution >= 4 is 70.5 Å². The van der Waals surface area contributed by atoms with Gasteiger partial charge in [-0.25, -0.2) is 16.8 Å². The maximum absolute atomic E-state index is 12.6. The molecule has 3 aromatic rings. The molecule has 3 rings (SSSR count). The van der Waals surface area contributed by atoms with Gasteiger partial charge in [0.2, 0.25) is 15.9 Å². The van der Waals surface area contributed by atoms with Gasteiger partial charge in [0.15, 0.2) is 0 Å². The molecule has 2 N–H and O–H groups in total. The van der Waals surface area contributed by atoms with Gasteiger partial charge in [0, 0.05) is 20.9 Å². The van der Waals surface area contributed by atoms with Crippen molar-refractivity contribution in [2.45, 2.75) is 11.8 Å². The first-order valence-electron chi connectivity index (χ1n) is 9.78. The van der Waals surface area contributed by atoms with Crippen LogP contribution in [0.25, 0.3) is 0 Å². The Hall–Kier alpha value is -2.60. The van der Waals surface area contributed by atoms with Gasteiger partial charge in [0.05, 0.1) is 16.8 Å². The van der Waals surface area contributed by atoms with E-state index in [4.69, 9.17) is 11.6 Å². The molecule has 0 heterocycles. The lowest BCUT2D eigenvalue weighted by Crippen LogP contribution is -2.37. The van der Waals surface area contributed by atoms with Gasteiger partial charge < -0.3 is 5.32 Å². The summed E-state index contributed by atoms with van der Waals surface area (Å²) in [6, 6.07) is 17.0. The zero-order valence-corrected chi connectivity index (χ0v) is 22.1. The third-order valence-corrected chi connectivity index (χ3v) is 8.20. The fourth-order valence-corrected chi connectivity index (χ4v) is 5.43. The van der Waals surface area contributed by atoms with Gasteiger partial charge in [-0.05, 0) is 73.2 Å². The van der Waals surface area contributed by atoms with E-state index in [1.54, 1.807) is 49.4 Å². The average Bonchev–Trinajstić information content (AvgIpc) is 2.75. The van der Waals surface area contributed by atoms with E-state index in [9.17, 15) is 21.6 Å². The maximum Gasteiger partial charge on any atom is 0.261 e. The second kappa shape index (κ2) is 10.3. The van der Waals surface area contributed by atoms with E-state index in [1.807, 2.05) is 0 Å². The van der Waals surface area contributed by atoms with Crippen molar-refractivity contribution < 1.29 is 21.6 Å². The molecule has 12 heteroatoms. The Kier molecular flexibility index (Phi) is 7.91. The van der Waals surface area contributed by atoms with Crippen LogP contribution < -0.4 is 14.3 Å². The first-order chi connectivity index (χ1) is 15.9. The van der Waals surface area contributed by atoms with Crippen LogP contribution in [0.4, 0.5) is 17.1 Å². The van der Waals surface area contributed by atoms with Crippen molar-refractivity contribution in [3.8, 4) is 0 Å². The molecule has 0 bridgehead atoms. The van der Waals surface area contributed by atoms with Crippen molar-refractivity contribution in [3.63, 3.8) is 0 Å². The average molecular weight is 587 g/mol. The molecule has 3 aromatic carbocycles. The summed E-state index contributed by atoms with van der Waals surface area (Å²) >= 11 is 9.39. The van der Waals surface area contributed by atoms with Crippen LogP contribution in [0.15, 0.2) is 76.1 Å². The third kappa shape index (κ3) is 6.50. The van der Waals surface area contributed by atoms with Gasteiger partial charge in [0.1, 0.15) is 6.54 Å². The number of nitrogens with zero attached hydrogens (tertiary/aromatic N) is 1. The number of hydrogen-bond donors (Lipinski definition) is 2. The summed E-state index contributed by atoms with van der Waals surface area (Å²) in [4.78, 5) is 12.6. The summed E-state index contributed by atoms with van der Waals surface area (Å²) in [5.41, 5.74) is 1.53. The Bertz CT molecular complexity index is 1410. The molecule has 1 amide bonds. The number of amides is 1. The molecule has 34 heavy (non-hydrogen) atoms. The van der Waals surface area contributed by atoms with E-state index >= 15 is 0 Å². The quantitative estimate of drug-likeness (QED) is 0.400. The van der Waals surface area contributed by atoms with Crippen LogP contribution in [0.2, 0.25) is 5.02 Å².